The number of rotatable bonds is 2. The Balaban J connectivity index is 1.49. The Morgan fingerprint density at radius 3 is 2.07 bits per heavy atom. The first kappa shape index (κ1) is 19.0. The van der Waals surface area contributed by atoms with Crippen LogP contribution < -0.4 is 9.80 Å². The second-order valence-electron chi connectivity index (χ2n) is 8.12. The summed E-state index contributed by atoms with van der Waals surface area (Å²) in [5.41, 5.74) is 2.12. The molecule has 4 amide bonds. The summed E-state index contributed by atoms with van der Waals surface area (Å²) in [7, 11) is 0. The van der Waals surface area contributed by atoms with E-state index in [2.05, 4.69) is 0 Å². The molecule has 0 N–H and O–H groups in total. The molecule has 30 heavy (non-hydrogen) atoms. The lowest BCUT2D eigenvalue weighted by atomic mass is 9.81. The molecule has 1 saturated carbocycles. The third-order valence-corrected chi connectivity index (χ3v) is 6.60. The monoisotopic (exact) mass is 422 g/mol. The molecule has 2 heterocycles. The molecule has 3 aliphatic rings. The van der Waals surface area contributed by atoms with E-state index < -0.39 is 11.8 Å². The maximum absolute atomic E-state index is 12.9. The van der Waals surface area contributed by atoms with Gasteiger partial charge in [-0.25, -0.2) is 4.90 Å². The molecule has 2 atom stereocenters. The fourth-order valence-corrected chi connectivity index (χ4v) is 5.05. The largest absolute Gasteiger partial charge is 0.274 e. The van der Waals surface area contributed by atoms with Crippen LogP contribution in [0.25, 0.3) is 0 Å². The Bertz CT molecular complexity index is 1120. The van der Waals surface area contributed by atoms with Gasteiger partial charge in [-0.3, -0.25) is 24.1 Å². The van der Waals surface area contributed by atoms with Crippen LogP contribution in [0.4, 0.5) is 11.4 Å². The molecule has 2 unspecified atom stereocenters. The summed E-state index contributed by atoms with van der Waals surface area (Å²) in [6.07, 6.45) is 3.44. The highest BCUT2D eigenvalue weighted by molar-refractivity contribution is 6.37. The molecule has 1 aliphatic carbocycles. The SMILES string of the molecule is Cc1cc(N2C(=O)C3CCCCC3C2=O)ccc1N1C(=O)c2ccc(Cl)cc2C1=O. The first-order valence-electron chi connectivity index (χ1n) is 10.1. The first-order chi connectivity index (χ1) is 14.4. The van der Waals surface area contributed by atoms with E-state index in [9.17, 15) is 19.2 Å². The van der Waals surface area contributed by atoms with E-state index in [0.717, 1.165) is 30.6 Å². The van der Waals surface area contributed by atoms with Crippen LogP contribution in [0.5, 0.6) is 0 Å². The average Bonchev–Trinajstić information content (AvgIpc) is 3.13. The number of amides is 4. The summed E-state index contributed by atoms with van der Waals surface area (Å²) < 4.78 is 0. The normalized spacial score (nSPS) is 23.3. The Morgan fingerprint density at radius 2 is 1.43 bits per heavy atom. The number of carbonyl (C=O) groups excluding carboxylic acids is 4. The Kier molecular flexibility index (Phi) is 4.29. The number of fused-ring (bicyclic) bond motifs is 2. The van der Waals surface area contributed by atoms with Crippen LogP contribution in [0.3, 0.4) is 0 Å². The summed E-state index contributed by atoms with van der Waals surface area (Å²) in [6.45, 7) is 1.76. The van der Waals surface area contributed by atoms with Crippen molar-refractivity contribution in [1.82, 2.24) is 0 Å². The predicted octanol–water partition coefficient (Wildman–Crippen LogP) is 4.13. The van der Waals surface area contributed by atoms with Crippen molar-refractivity contribution in [2.24, 2.45) is 11.8 Å². The first-order valence-corrected chi connectivity index (χ1v) is 10.4. The number of hydrogen-bond acceptors (Lipinski definition) is 4. The Morgan fingerprint density at radius 1 is 0.800 bits per heavy atom. The zero-order valence-electron chi connectivity index (χ0n) is 16.4. The van der Waals surface area contributed by atoms with E-state index in [4.69, 9.17) is 11.6 Å². The predicted molar refractivity (Wildman–Crippen MR) is 112 cm³/mol. The summed E-state index contributed by atoms with van der Waals surface area (Å²) in [6, 6.07) is 9.56. The molecule has 5 rings (SSSR count). The van der Waals surface area contributed by atoms with Crippen molar-refractivity contribution < 1.29 is 19.2 Å². The van der Waals surface area contributed by atoms with Crippen molar-refractivity contribution in [2.75, 3.05) is 9.80 Å². The van der Waals surface area contributed by atoms with Gasteiger partial charge < -0.3 is 0 Å². The zero-order chi connectivity index (χ0) is 21.2. The molecule has 2 aromatic rings. The highest BCUT2D eigenvalue weighted by Gasteiger charge is 2.49. The maximum atomic E-state index is 12.9. The third-order valence-electron chi connectivity index (χ3n) is 6.37. The summed E-state index contributed by atoms with van der Waals surface area (Å²) >= 11 is 5.98. The molecule has 0 spiro atoms. The quantitative estimate of drug-likeness (QED) is 0.682. The average molecular weight is 423 g/mol. The molecule has 7 heteroatoms. The molecule has 2 fully saturated rings. The number of anilines is 2. The van der Waals surface area contributed by atoms with E-state index >= 15 is 0 Å². The third kappa shape index (κ3) is 2.63. The van der Waals surface area contributed by atoms with Crippen LogP contribution in [0, 0.1) is 18.8 Å². The van der Waals surface area contributed by atoms with Gasteiger partial charge in [0, 0.05) is 5.02 Å². The molecule has 2 aliphatic heterocycles. The summed E-state index contributed by atoms with van der Waals surface area (Å²) in [4.78, 5) is 53.8. The number of carbonyl (C=O) groups is 4. The van der Waals surface area contributed by atoms with Gasteiger partial charge in [0.05, 0.1) is 34.3 Å². The molecule has 6 nitrogen and oxygen atoms in total. The van der Waals surface area contributed by atoms with Gasteiger partial charge in [0.2, 0.25) is 11.8 Å². The van der Waals surface area contributed by atoms with Gasteiger partial charge in [-0.05, 0) is 61.7 Å². The lowest BCUT2D eigenvalue weighted by Crippen LogP contribution is -2.32. The van der Waals surface area contributed by atoms with Crippen molar-refractivity contribution >= 4 is 46.6 Å². The fraction of sp³-hybridized carbons (Fsp3) is 0.304. The molecule has 0 radical (unpaired) electrons. The minimum Gasteiger partial charge on any atom is -0.274 e. The molecule has 0 bridgehead atoms. The van der Waals surface area contributed by atoms with Gasteiger partial charge in [-0.15, -0.1) is 0 Å². The van der Waals surface area contributed by atoms with Crippen molar-refractivity contribution in [1.29, 1.82) is 0 Å². The zero-order valence-corrected chi connectivity index (χ0v) is 17.1. The fourth-order valence-electron chi connectivity index (χ4n) is 4.88. The van der Waals surface area contributed by atoms with E-state index in [1.165, 1.54) is 11.0 Å². The van der Waals surface area contributed by atoms with Crippen LogP contribution in [-0.4, -0.2) is 23.6 Å². The number of nitrogens with zero attached hydrogens (tertiary/aromatic N) is 2. The van der Waals surface area contributed by atoms with Crippen molar-refractivity contribution in [3.05, 3.63) is 58.1 Å². The van der Waals surface area contributed by atoms with Gasteiger partial charge in [-0.1, -0.05) is 24.4 Å². The van der Waals surface area contributed by atoms with Crippen LogP contribution in [-0.2, 0) is 9.59 Å². The second kappa shape index (κ2) is 6.77. The van der Waals surface area contributed by atoms with Crippen molar-refractivity contribution in [3.8, 4) is 0 Å². The topological polar surface area (TPSA) is 74.8 Å². The molecular formula is C23H19ClN2O4. The van der Waals surface area contributed by atoms with Crippen LogP contribution >= 0.6 is 11.6 Å². The lowest BCUT2D eigenvalue weighted by molar-refractivity contribution is -0.122. The van der Waals surface area contributed by atoms with Gasteiger partial charge in [0.25, 0.3) is 11.8 Å². The van der Waals surface area contributed by atoms with Gasteiger partial charge in [0.15, 0.2) is 0 Å². The highest BCUT2D eigenvalue weighted by atomic mass is 35.5. The number of benzene rings is 2. The van der Waals surface area contributed by atoms with Crippen LogP contribution in [0.1, 0.15) is 52.0 Å². The summed E-state index contributed by atoms with van der Waals surface area (Å²) in [5.74, 6) is -1.60. The standard InChI is InChI=1S/C23H19ClN2O4/c1-12-10-14(25-20(27)15-4-2-3-5-16(15)21(25)28)7-9-19(12)26-22(29)17-8-6-13(24)11-18(17)23(26)30/h6-11,15-16H,2-5H2,1H3. The maximum Gasteiger partial charge on any atom is 0.266 e. The van der Waals surface area contributed by atoms with Gasteiger partial charge >= 0.3 is 0 Å². The molecular weight excluding hydrogens is 404 g/mol. The van der Waals surface area contributed by atoms with Crippen LogP contribution in [0.2, 0.25) is 5.02 Å². The smallest absolute Gasteiger partial charge is 0.266 e. The van der Waals surface area contributed by atoms with Gasteiger partial charge in [0.1, 0.15) is 0 Å². The van der Waals surface area contributed by atoms with Crippen LogP contribution in [0.15, 0.2) is 36.4 Å². The number of aryl methyl sites for hydroxylation is 1. The number of imide groups is 2. The molecule has 152 valence electrons. The van der Waals surface area contributed by atoms with E-state index in [1.54, 1.807) is 37.3 Å². The molecule has 0 aromatic heterocycles. The number of halogens is 1. The number of hydrogen-bond donors (Lipinski definition) is 0. The Labute approximate surface area is 178 Å². The highest BCUT2D eigenvalue weighted by Crippen LogP contribution is 2.41. The minimum absolute atomic E-state index is 0.146. The molecule has 1 saturated heterocycles. The van der Waals surface area contributed by atoms with Crippen molar-refractivity contribution in [2.45, 2.75) is 32.6 Å². The lowest BCUT2D eigenvalue weighted by Gasteiger charge is -2.20. The summed E-state index contributed by atoms with van der Waals surface area (Å²) in [5, 5.41) is 0.386. The molecule has 2 aromatic carbocycles. The van der Waals surface area contributed by atoms with E-state index in [1.807, 2.05) is 0 Å². The van der Waals surface area contributed by atoms with E-state index in [-0.39, 0.29) is 29.2 Å². The van der Waals surface area contributed by atoms with Gasteiger partial charge in [-0.2, -0.15) is 0 Å². The van der Waals surface area contributed by atoms with E-state index in [0.29, 0.717) is 27.5 Å². The second-order valence-corrected chi connectivity index (χ2v) is 8.55. The Hall–Kier alpha value is -2.99. The minimum atomic E-state index is -0.437. The van der Waals surface area contributed by atoms with Crippen molar-refractivity contribution in [3.63, 3.8) is 0 Å².